The Morgan fingerprint density at radius 3 is 2.07 bits per heavy atom. The molecule has 8 heteroatoms. The number of sulfonamides is 1. The molecule has 0 aromatic heterocycles. The minimum absolute atomic E-state index is 0.0326. The van der Waals surface area contributed by atoms with Crippen LogP contribution in [0.2, 0.25) is 0 Å². The van der Waals surface area contributed by atoms with E-state index in [2.05, 4.69) is 19.0 Å². The molecule has 2 unspecified atom stereocenters. The van der Waals surface area contributed by atoms with E-state index in [-0.39, 0.29) is 23.0 Å². The van der Waals surface area contributed by atoms with E-state index in [1.165, 1.54) is 4.31 Å². The number of piperidine rings is 1. The molecule has 2 heterocycles. The average molecular weight is 410 g/mol. The predicted octanol–water partition coefficient (Wildman–Crippen LogP) is 1.65. The van der Waals surface area contributed by atoms with Crippen LogP contribution in [0.3, 0.4) is 0 Å². The van der Waals surface area contributed by atoms with E-state index in [4.69, 9.17) is 4.74 Å². The minimum Gasteiger partial charge on any atom is -0.373 e. The molecule has 0 saturated carbocycles. The van der Waals surface area contributed by atoms with Gasteiger partial charge in [0.1, 0.15) is 0 Å². The number of carbonyl (C=O) groups is 1. The number of rotatable bonds is 4. The standard InChI is InChI=1S/C20H31N3O4S/c1-15-13-23(14-16(2)27-15)28(25,26)19-7-5-17(6-8-19)20(24)22-11-9-18(10-12-22)21(3)4/h5-8,15-16,18H,9-14H2,1-4H3. The van der Waals surface area contributed by atoms with Gasteiger partial charge >= 0.3 is 0 Å². The van der Waals surface area contributed by atoms with Crippen LogP contribution in [-0.4, -0.2) is 87.0 Å². The molecule has 2 atom stereocenters. The maximum atomic E-state index is 12.9. The quantitative estimate of drug-likeness (QED) is 0.756. The lowest BCUT2D eigenvalue weighted by Crippen LogP contribution is -2.48. The van der Waals surface area contributed by atoms with Crippen molar-refractivity contribution in [3.63, 3.8) is 0 Å². The molecule has 2 aliphatic rings. The maximum absolute atomic E-state index is 12.9. The van der Waals surface area contributed by atoms with Crippen molar-refractivity contribution in [1.82, 2.24) is 14.1 Å². The molecule has 0 bridgehead atoms. The summed E-state index contributed by atoms with van der Waals surface area (Å²) >= 11 is 0. The molecule has 0 N–H and O–H groups in total. The summed E-state index contributed by atoms with van der Waals surface area (Å²) in [5.74, 6) is -0.0326. The van der Waals surface area contributed by atoms with Gasteiger partial charge in [0.15, 0.2) is 0 Å². The Morgan fingerprint density at radius 2 is 1.57 bits per heavy atom. The van der Waals surface area contributed by atoms with Gasteiger partial charge in [0, 0.05) is 37.8 Å². The highest BCUT2D eigenvalue weighted by Gasteiger charge is 2.32. The van der Waals surface area contributed by atoms with Crippen molar-refractivity contribution in [3.05, 3.63) is 29.8 Å². The summed E-state index contributed by atoms with van der Waals surface area (Å²) in [6, 6.07) is 6.84. The highest BCUT2D eigenvalue weighted by Crippen LogP contribution is 2.22. The van der Waals surface area contributed by atoms with E-state index in [0.29, 0.717) is 24.7 Å². The zero-order valence-corrected chi connectivity index (χ0v) is 18.0. The molecule has 3 rings (SSSR count). The minimum atomic E-state index is -3.59. The molecule has 0 aliphatic carbocycles. The molecule has 0 spiro atoms. The van der Waals surface area contributed by atoms with Crippen molar-refractivity contribution in [2.75, 3.05) is 40.3 Å². The molecular weight excluding hydrogens is 378 g/mol. The van der Waals surface area contributed by atoms with Gasteiger partial charge in [0.05, 0.1) is 17.1 Å². The summed E-state index contributed by atoms with van der Waals surface area (Å²) in [7, 11) is 0.544. The van der Waals surface area contributed by atoms with E-state index >= 15 is 0 Å². The molecule has 156 valence electrons. The number of hydrogen-bond acceptors (Lipinski definition) is 5. The van der Waals surface area contributed by atoms with Crippen molar-refractivity contribution in [2.45, 2.75) is 49.8 Å². The van der Waals surface area contributed by atoms with Gasteiger partial charge in [-0.2, -0.15) is 4.31 Å². The lowest BCUT2D eigenvalue weighted by molar-refractivity contribution is -0.0440. The largest absolute Gasteiger partial charge is 0.373 e. The fraction of sp³-hybridized carbons (Fsp3) is 0.650. The third-order valence-electron chi connectivity index (χ3n) is 5.61. The first-order valence-electron chi connectivity index (χ1n) is 9.90. The van der Waals surface area contributed by atoms with Crippen LogP contribution in [0.1, 0.15) is 37.0 Å². The van der Waals surface area contributed by atoms with Crippen LogP contribution in [0, 0.1) is 0 Å². The van der Waals surface area contributed by atoms with Gasteiger partial charge in [-0.3, -0.25) is 4.79 Å². The molecule has 1 aromatic carbocycles. The normalized spacial score (nSPS) is 25.2. The van der Waals surface area contributed by atoms with Crippen LogP contribution in [0.15, 0.2) is 29.2 Å². The molecule has 0 radical (unpaired) electrons. The van der Waals surface area contributed by atoms with Crippen molar-refractivity contribution in [1.29, 1.82) is 0 Å². The SMILES string of the molecule is CC1CN(S(=O)(=O)c2ccc(C(=O)N3CCC(N(C)C)CC3)cc2)CC(C)O1. The number of morpholine rings is 1. The highest BCUT2D eigenvalue weighted by atomic mass is 32.2. The first kappa shape index (κ1) is 21.2. The fourth-order valence-corrected chi connectivity index (χ4v) is 5.60. The van der Waals surface area contributed by atoms with Crippen molar-refractivity contribution in [3.8, 4) is 0 Å². The average Bonchev–Trinajstić information content (AvgIpc) is 2.67. The highest BCUT2D eigenvalue weighted by molar-refractivity contribution is 7.89. The predicted molar refractivity (Wildman–Crippen MR) is 108 cm³/mol. The second kappa shape index (κ2) is 8.49. The summed E-state index contributed by atoms with van der Waals surface area (Å²) in [6.45, 7) is 5.89. The van der Waals surface area contributed by atoms with Crippen LogP contribution in [0.25, 0.3) is 0 Å². The Kier molecular flexibility index (Phi) is 6.44. The van der Waals surface area contributed by atoms with Crippen LogP contribution in [0.5, 0.6) is 0 Å². The molecule has 2 fully saturated rings. The Balaban J connectivity index is 1.68. The molecule has 2 saturated heterocycles. The van der Waals surface area contributed by atoms with Gasteiger partial charge in [-0.15, -0.1) is 0 Å². The Hall–Kier alpha value is -1.48. The number of likely N-dealkylation sites (tertiary alicyclic amines) is 1. The van der Waals surface area contributed by atoms with Crippen LogP contribution >= 0.6 is 0 Å². The lowest BCUT2D eigenvalue weighted by Gasteiger charge is -2.35. The fourth-order valence-electron chi connectivity index (χ4n) is 4.01. The number of ether oxygens (including phenoxy) is 1. The topological polar surface area (TPSA) is 70.2 Å². The number of hydrogen-bond donors (Lipinski definition) is 0. The van der Waals surface area contributed by atoms with Crippen LogP contribution in [0.4, 0.5) is 0 Å². The van der Waals surface area contributed by atoms with Gasteiger partial charge in [0.2, 0.25) is 10.0 Å². The smallest absolute Gasteiger partial charge is 0.253 e. The summed E-state index contributed by atoms with van der Waals surface area (Å²) < 4.78 is 33.0. The van der Waals surface area contributed by atoms with Crippen molar-refractivity contribution in [2.24, 2.45) is 0 Å². The third-order valence-corrected chi connectivity index (χ3v) is 7.45. The monoisotopic (exact) mass is 409 g/mol. The molecule has 1 aromatic rings. The van der Waals surface area contributed by atoms with Crippen molar-refractivity contribution < 1.29 is 17.9 Å². The number of benzene rings is 1. The van der Waals surface area contributed by atoms with Gasteiger partial charge in [-0.1, -0.05) is 0 Å². The lowest BCUT2D eigenvalue weighted by atomic mass is 10.0. The van der Waals surface area contributed by atoms with Gasteiger partial charge in [0.25, 0.3) is 5.91 Å². The van der Waals surface area contributed by atoms with E-state index in [0.717, 1.165) is 25.9 Å². The Morgan fingerprint density at radius 1 is 1.04 bits per heavy atom. The van der Waals surface area contributed by atoms with Crippen molar-refractivity contribution >= 4 is 15.9 Å². The van der Waals surface area contributed by atoms with Gasteiger partial charge < -0.3 is 14.5 Å². The van der Waals surface area contributed by atoms with Gasteiger partial charge in [-0.05, 0) is 65.0 Å². The number of amides is 1. The summed E-state index contributed by atoms with van der Waals surface area (Å²) in [6.07, 6.45) is 1.64. The zero-order valence-electron chi connectivity index (χ0n) is 17.2. The summed E-state index contributed by atoms with van der Waals surface area (Å²) in [4.78, 5) is 17.0. The number of carbonyl (C=O) groups excluding carboxylic acids is 1. The molecule has 28 heavy (non-hydrogen) atoms. The van der Waals surface area contributed by atoms with E-state index in [9.17, 15) is 13.2 Å². The molecule has 1 amide bonds. The van der Waals surface area contributed by atoms with Crippen LogP contribution < -0.4 is 0 Å². The molecule has 7 nitrogen and oxygen atoms in total. The third kappa shape index (κ3) is 4.56. The van der Waals surface area contributed by atoms with E-state index < -0.39 is 10.0 Å². The Bertz CT molecular complexity index is 776. The molecular formula is C20H31N3O4S. The van der Waals surface area contributed by atoms with E-state index in [1.54, 1.807) is 24.3 Å². The Labute approximate surface area is 168 Å². The number of nitrogens with zero attached hydrogens (tertiary/aromatic N) is 3. The first-order chi connectivity index (χ1) is 13.2. The zero-order chi connectivity index (χ0) is 20.5. The summed E-state index contributed by atoms with van der Waals surface area (Å²) in [5, 5.41) is 0. The van der Waals surface area contributed by atoms with Gasteiger partial charge in [-0.25, -0.2) is 8.42 Å². The van der Waals surface area contributed by atoms with Crippen LogP contribution in [-0.2, 0) is 14.8 Å². The molecule has 2 aliphatic heterocycles. The second-order valence-corrected chi connectivity index (χ2v) is 10.0. The summed E-state index contributed by atoms with van der Waals surface area (Å²) in [5.41, 5.74) is 0.533. The second-order valence-electron chi connectivity index (χ2n) is 8.09. The first-order valence-corrected chi connectivity index (χ1v) is 11.3. The maximum Gasteiger partial charge on any atom is 0.253 e. The van der Waals surface area contributed by atoms with E-state index in [1.807, 2.05) is 18.7 Å².